The van der Waals surface area contributed by atoms with E-state index in [0.29, 0.717) is 31.5 Å². The number of nitrogens with zero attached hydrogens (tertiary/aromatic N) is 1. The van der Waals surface area contributed by atoms with Crippen LogP contribution in [0.25, 0.3) is 0 Å². The van der Waals surface area contributed by atoms with Gasteiger partial charge in [-0.25, -0.2) is 4.99 Å². The molecule has 0 fully saturated rings. The number of thioether (sulfide) groups is 1. The molecule has 0 saturated carbocycles. The second kappa shape index (κ2) is 9.84. The number of aliphatic imine (C=N–C) groups is 1. The lowest BCUT2D eigenvalue weighted by Crippen LogP contribution is -2.23. The number of hydrogen-bond acceptors (Lipinski definition) is 4. The summed E-state index contributed by atoms with van der Waals surface area (Å²) in [6.07, 6.45) is 2.06. The van der Waals surface area contributed by atoms with E-state index in [-0.39, 0.29) is 0 Å². The van der Waals surface area contributed by atoms with Crippen molar-refractivity contribution in [1.82, 2.24) is 0 Å². The average Bonchev–Trinajstić information content (AvgIpc) is 2.63. The maximum atomic E-state index is 6.04. The molecule has 6 heteroatoms. The lowest BCUT2D eigenvalue weighted by molar-refractivity contribution is 0.332. The molecular weight excluding hydrogens is 334 g/mol. The van der Waals surface area contributed by atoms with Crippen molar-refractivity contribution < 1.29 is 9.47 Å². The molecule has 0 spiro atoms. The third-order valence-electron chi connectivity index (χ3n) is 3.42. The van der Waals surface area contributed by atoms with E-state index < -0.39 is 0 Å². The third-order valence-corrected chi connectivity index (χ3v) is 4.16. The van der Waals surface area contributed by atoms with Crippen molar-refractivity contribution in [3.8, 4) is 11.5 Å². The minimum atomic E-state index is 0.337. The molecule has 5 nitrogen and oxygen atoms in total. The number of rotatable bonds is 8. The highest BCUT2D eigenvalue weighted by Crippen LogP contribution is 2.29. The summed E-state index contributed by atoms with van der Waals surface area (Å²) in [7, 11) is 0. The van der Waals surface area contributed by atoms with Gasteiger partial charge in [0, 0.05) is 11.0 Å². The van der Waals surface area contributed by atoms with Crippen molar-refractivity contribution in [2.75, 3.05) is 24.8 Å². The zero-order valence-electron chi connectivity index (χ0n) is 14.9. The van der Waals surface area contributed by atoms with Crippen LogP contribution in [0.2, 0.25) is 0 Å². The zero-order chi connectivity index (χ0) is 18.1. The fourth-order valence-corrected chi connectivity index (χ4v) is 2.64. The summed E-state index contributed by atoms with van der Waals surface area (Å²) in [5.41, 5.74) is 7.89. The second-order valence-corrected chi connectivity index (χ2v) is 6.08. The SMILES string of the molecule is CCOc1ccc(OCC)c(NC(N)=NCc2ccc(SC)cc2)c1. The van der Waals surface area contributed by atoms with E-state index in [1.165, 1.54) is 4.90 Å². The molecule has 2 aromatic rings. The molecule has 0 aliphatic heterocycles. The summed E-state index contributed by atoms with van der Waals surface area (Å²) < 4.78 is 11.2. The number of nitrogens with two attached hydrogens (primary N) is 1. The minimum absolute atomic E-state index is 0.337. The third kappa shape index (κ3) is 5.90. The molecule has 134 valence electrons. The molecule has 0 atom stereocenters. The molecule has 0 unspecified atom stereocenters. The normalized spacial score (nSPS) is 11.2. The van der Waals surface area contributed by atoms with E-state index in [4.69, 9.17) is 15.2 Å². The van der Waals surface area contributed by atoms with Crippen LogP contribution in [0.4, 0.5) is 5.69 Å². The Morgan fingerprint density at radius 3 is 2.44 bits per heavy atom. The number of benzene rings is 2. The van der Waals surface area contributed by atoms with Gasteiger partial charge in [0.05, 0.1) is 25.4 Å². The van der Waals surface area contributed by atoms with Crippen molar-refractivity contribution >= 4 is 23.4 Å². The smallest absolute Gasteiger partial charge is 0.193 e. The summed E-state index contributed by atoms with van der Waals surface area (Å²) >= 11 is 1.72. The number of anilines is 1. The van der Waals surface area contributed by atoms with Gasteiger partial charge in [-0.15, -0.1) is 11.8 Å². The molecule has 0 radical (unpaired) electrons. The van der Waals surface area contributed by atoms with Gasteiger partial charge in [0.2, 0.25) is 0 Å². The largest absolute Gasteiger partial charge is 0.494 e. The summed E-state index contributed by atoms with van der Waals surface area (Å²) in [5.74, 6) is 1.81. The molecule has 3 N–H and O–H groups in total. The molecule has 2 aromatic carbocycles. The van der Waals surface area contributed by atoms with Gasteiger partial charge in [-0.2, -0.15) is 0 Å². The first-order chi connectivity index (χ1) is 12.2. The van der Waals surface area contributed by atoms with Crippen molar-refractivity contribution in [1.29, 1.82) is 0 Å². The Labute approximate surface area is 153 Å². The van der Waals surface area contributed by atoms with E-state index in [1.54, 1.807) is 11.8 Å². The number of ether oxygens (including phenoxy) is 2. The van der Waals surface area contributed by atoms with Crippen LogP contribution < -0.4 is 20.5 Å². The number of nitrogens with one attached hydrogen (secondary N) is 1. The Morgan fingerprint density at radius 2 is 1.80 bits per heavy atom. The highest BCUT2D eigenvalue weighted by atomic mass is 32.2. The molecule has 0 heterocycles. The molecular formula is C19H25N3O2S. The Hall–Kier alpha value is -2.34. The fraction of sp³-hybridized carbons (Fsp3) is 0.316. The summed E-state index contributed by atoms with van der Waals surface area (Å²) in [4.78, 5) is 5.63. The first-order valence-corrected chi connectivity index (χ1v) is 9.48. The fourth-order valence-electron chi connectivity index (χ4n) is 2.23. The van der Waals surface area contributed by atoms with E-state index >= 15 is 0 Å². The summed E-state index contributed by atoms with van der Waals surface area (Å²) in [6, 6.07) is 13.9. The van der Waals surface area contributed by atoms with E-state index in [1.807, 2.05) is 32.0 Å². The van der Waals surface area contributed by atoms with E-state index in [0.717, 1.165) is 17.0 Å². The molecule has 0 amide bonds. The standard InChI is InChI=1S/C19H25N3O2S/c1-4-23-15-8-11-18(24-5-2)17(12-15)22-19(20)21-13-14-6-9-16(25-3)10-7-14/h6-12H,4-5,13H2,1-3H3,(H3,20,21,22). The van der Waals surface area contributed by atoms with Gasteiger partial charge in [0.15, 0.2) is 5.96 Å². The highest BCUT2D eigenvalue weighted by molar-refractivity contribution is 7.98. The van der Waals surface area contributed by atoms with Gasteiger partial charge >= 0.3 is 0 Å². The monoisotopic (exact) mass is 359 g/mol. The maximum absolute atomic E-state index is 6.04. The maximum Gasteiger partial charge on any atom is 0.193 e. The van der Waals surface area contributed by atoms with Gasteiger partial charge < -0.3 is 20.5 Å². The molecule has 0 bridgehead atoms. The van der Waals surface area contributed by atoms with Gasteiger partial charge in [0.1, 0.15) is 11.5 Å². The van der Waals surface area contributed by atoms with Crippen LogP contribution in [0.1, 0.15) is 19.4 Å². The lowest BCUT2D eigenvalue weighted by atomic mass is 10.2. The van der Waals surface area contributed by atoms with Gasteiger partial charge in [0.25, 0.3) is 0 Å². The van der Waals surface area contributed by atoms with Crippen LogP contribution in [0.15, 0.2) is 52.4 Å². The van der Waals surface area contributed by atoms with Crippen molar-refractivity contribution in [3.05, 3.63) is 48.0 Å². The molecule has 0 aliphatic rings. The summed E-state index contributed by atoms with van der Waals surface area (Å²) in [5, 5.41) is 3.11. The quantitative estimate of drug-likeness (QED) is 0.421. The highest BCUT2D eigenvalue weighted by Gasteiger charge is 2.07. The van der Waals surface area contributed by atoms with E-state index in [2.05, 4.69) is 40.8 Å². The van der Waals surface area contributed by atoms with Crippen LogP contribution >= 0.6 is 11.8 Å². The van der Waals surface area contributed by atoms with Crippen LogP contribution in [0, 0.1) is 0 Å². The number of hydrogen-bond donors (Lipinski definition) is 2. The predicted molar refractivity (Wildman–Crippen MR) is 106 cm³/mol. The molecule has 0 aromatic heterocycles. The van der Waals surface area contributed by atoms with Crippen LogP contribution in [0.3, 0.4) is 0 Å². The molecule has 0 saturated heterocycles. The average molecular weight is 359 g/mol. The van der Waals surface area contributed by atoms with Gasteiger partial charge in [-0.05, 0) is 49.9 Å². The predicted octanol–water partition coefficient (Wildman–Crippen LogP) is 4.13. The lowest BCUT2D eigenvalue weighted by Gasteiger charge is -2.14. The molecule has 2 rings (SSSR count). The van der Waals surface area contributed by atoms with Crippen LogP contribution in [-0.4, -0.2) is 25.4 Å². The zero-order valence-corrected chi connectivity index (χ0v) is 15.7. The topological polar surface area (TPSA) is 68.9 Å². The first-order valence-electron chi connectivity index (χ1n) is 8.25. The Kier molecular flexibility index (Phi) is 7.47. The van der Waals surface area contributed by atoms with Crippen LogP contribution in [0.5, 0.6) is 11.5 Å². The van der Waals surface area contributed by atoms with Crippen molar-refractivity contribution in [2.45, 2.75) is 25.3 Å². The molecule has 0 aliphatic carbocycles. The minimum Gasteiger partial charge on any atom is -0.494 e. The van der Waals surface area contributed by atoms with Gasteiger partial charge in [-0.3, -0.25) is 0 Å². The van der Waals surface area contributed by atoms with Gasteiger partial charge in [-0.1, -0.05) is 12.1 Å². The molecule has 25 heavy (non-hydrogen) atoms. The Balaban J connectivity index is 2.08. The van der Waals surface area contributed by atoms with Crippen molar-refractivity contribution in [3.63, 3.8) is 0 Å². The van der Waals surface area contributed by atoms with Crippen LogP contribution in [-0.2, 0) is 6.54 Å². The van der Waals surface area contributed by atoms with Crippen molar-refractivity contribution in [2.24, 2.45) is 10.7 Å². The summed E-state index contributed by atoms with van der Waals surface area (Å²) in [6.45, 7) is 5.57. The second-order valence-electron chi connectivity index (χ2n) is 5.20. The number of guanidine groups is 1. The Morgan fingerprint density at radius 1 is 1.08 bits per heavy atom. The van der Waals surface area contributed by atoms with E-state index in [9.17, 15) is 0 Å². The Bertz CT molecular complexity index is 702. The first kappa shape index (κ1) is 19.0.